The number of rotatable bonds is 18. The Bertz CT molecular complexity index is 1580. The van der Waals surface area contributed by atoms with Gasteiger partial charge in [-0.05, 0) is 89.0 Å². The topological polar surface area (TPSA) is 147 Å². The number of unbranched alkanes of at least 4 members (excludes halogenated alkanes) is 2. The highest BCUT2D eigenvalue weighted by atomic mass is 16.7. The minimum absolute atomic E-state index is 0.0983. The standard InChI is InChI=1S/C39H54N4O8/c1-7-20-47-27-16-17-33-30(23-27)35-28(15-11-13-19-45)26(14-10-12-18-44)22-29-31(41-49-9-3)24-34(39(50-33,36(29)35)48-21-8-2)43-32(25-40-42-43)37(46)51-38(4,5)6/h7-8,16-17,22-23,25-26,28,34-36,44-45H,1-2,9-15,18-21,24H2,3-6H3. The van der Waals surface area contributed by atoms with Crippen LogP contribution in [-0.2, 0) is 14.3 Å². The molecule has 278 valence electrons. The Morgan fingerprint density at radius 2 is 1.86 bits per heavy atom. The third-order valence-corrected chi connectivity index (χ3v) is 9.79. The summed E-state index contributed by atoms with van der Waals surface area (Å²) < 4.78 is 27.5. The summed E-state index contributed by atoms with van der Waals surface area (Å²) in [5, 5.41) is 32.9. The van der Waals surface area contributed by atoms with E-state index in [-0.39, 0.29) is 49.7 Å². The summed E-state index contributed by atoms with van der Waals surface area (Å²) >= 11 is 0. The first-order valence-corrected chi connectivity index (χ1v) is 18.2. The van der Waals surface area contributed by atoms with Gasteiger partial charge < -0.3 is 34.0 Å². The number of aromatic nitrogens is 3. The molecule has 2 heterocycles. The van der Waals surface area contributed by atoms with Gasteiger partial charge >= 0.3 is 5.97 Å². The van der Waals surface area contributed by atoms with Crippen molar-refractivity contribution in [2.45, 2.75) is 96.0 Å². The normalized spacial score (nSPS) is 26.0. The van der Waals surface area contributed by atoms with Gasteiger partial charge in [-0.2, -0.15) is 0 Å². The van der Waals surface area contributed by atoms with Crippen LogP contribution in [0.2, 0.25) is 0 Å². The quantitative estimate of drug-likeness (QED) is 0.0781. The molecule has 12 nitrogen and oxygen atoms in total. The Kier molecular flexibility index (Phi) is 12.8. The summed E-state index contributed by atoms with van der Waals surface area (Å²) in [4.78, 5) is 19.4. The molecule has 1 aromatic heterocycles. The van der Waals surface area contributed by atoms with Gasteiger partial charge in [0.05, 0.1) is 24.4 Å². The fourth-order valence-electron chi connectivity index (χ4n) is 7.92. The van der Waals surface area contributed by atoms with Crippen molar-refractivity contribution < 1.29 is 38.8 Å². The number of benzene rings is 1. The van der Waals surface area contributed by atoms with Crippen LogP contribution in [0.25, 0.3) is 0 Å². The van der Waals surface area contributed by atoms with Crippen molar-refractivity contribution in [2.24, 2.45) is 22.9 Å². The molecule has 5 rings (SSSR count). The second kappa shape index (κ2) is 17.0. The number of hydrogen-bond acceptors (Lipinski definition) is 11. The van der Waals surface area contributed by atoms with Gasteiger partial charge in [0, 0.05) is 31.1 Å². The highest BCUT2D eigenvalue weighted by Crippen LogP contribution is 2.63. The van der Waals surface area contributed by atoms with Crippen molar-refractivity contribution >= 4 is 11.7 Å². The highest BCUT2D eigenvalue weighted by Gasteiger charge is 2.65. The fourth-order valence-corrected chi connectivity index (χ4v) is 7.92. The van der Waals surface area contributed by atoms with Gasteiger partial charge in [0.1, 0.15) is 36.4 Å². The lowest BCUT2D eigenvalue weighted by Crippen LogP contribution is -2.63. The van der Waals surface area contributed by atoms with Crippen LogP contribution < -0.4 is 9.47 Å². The maximum Gasteiger partial charge on any atom is 0.358 e. The SMILES string of the molecule is C=CCOc1ccc2c(c1)C1C(CCCCO)C(CCCCO)C=C3C(=NOCC)CC(n4nncc4C(=O)OC(C)(C)C)C(OCC=C)(O2)C31. The number of esters is 1. The van der Waals surface area contributed by atoms with Crippen LogP contribution in [0.5, 0.6) is 11.5 Å². The average Bonchev–Trinajstić information content (AvgIpc) is 3.60. The minimum Gasteiger partial charge on any atom is -0.490 e. The van der Waals surface area contributed by atoms with E-state index in [2.05, 4.69) is 35.6 Å². The Morgan fingerprint density at radius 3 is 2.55 bits per heavy atom. The molecular weight excluding hydrogens is 652 g/mol. The van der Waals surface area contributed by atoms with E-state index in [1.165, 1.54) is 6.20 Å². The van der Waals surface area contributed by atoms with E-state index < -0.39 is 29.3 Å². The molecule has 1 aromatic carbocycles. The molecule has 6 atom stereocenters. The van der Waals surface area contributed by atoms with Crippen molar-refractivity contribution in [3.05, 3.63) is 72.6 Å². The van der Waals surface area contributed by atoms with Crippen LogP contribution in [0.3, 0.4) is 0 Å². The van der Waals surface area contributed by atoms with E-state index >= 15 is 0 Å². The van der Waals surface area contributed by atoms with Crippen LogP contribution in [0.4, 0.5) is 0 Å². The Hall–Kier alpha value is -4.00. The maximum atomic E-state index is 13.7. The van der Waals surface area contributed by atoms with E-state index in [0.717, 1.165) is 36.8 Å². The van der Waals surface area contributed by atoms with Crippen LogP contribution >= 0.6 is 0 Å². The average molecular weight is 707 g/mol. The van der Waals surface area contributed by atoms with Crippen LogP contribution in [-0.4, -0.2) is 81.3 Å². The first-order chi connectivity index (χ1) is 24.6. The van der Waals surface area contributed by atoms with Gasteiger partial charge in [-0.25, -0.2) is 9.48 Å². The number of fused-ring (bicyclic) bond motifs is 2. The molecule has 0 bridgehead atoms. The summed E-state index contributed by atoms with van der Waals surface area (Å²) in [7, 11) is 0. The minimum atomic E-state index is -1.39. The van der Waals surface area contributed by atoms with Crippen LogP contribution in [0.1, 0.15) is 101 Å². The number of carbonyl (C=O) groups excluding carboxylic acids is 1. The molecule has 2 aliphatic carbocycles. The first kappa shape index (κ1) is 38.2. The second-order valence-electron chi connectivity index (χ2n) is 14.4. The van der Waals surface area contributed by atoms with E-state index in [1.807, 2.05) is 39.8 Å². The third-order valence-electron chi connectivity index (χ3n) is 9.79. The number of oxime groups is 1. The smallest absolute Gasteiger partial charge is 0.358 e. The second-order valence-corrected chi connectivity index (χ2v) is 14.4. The van der Waals surface area contributed by atoms with Crippen molar-refractivity contribution in [1.29, 1.82) is 0 Å². The number of aliphatic hydroxyl groups excluding tert-OH is 2. The number of nitrogens with zero attached hydrogens (tertiary/aromatic N) is 4. The molecule has 1 aliphatic heterocycles. The first-order valence-electron chi connectivity index (χ1n) is 18.2. The predicted octanol–water partition coefficient (Wildman–Crippen LogP) is 6.32. The Labute approximate surface area is 301 Å². The number of allylic oxidation sites excluding steroid dienone is 1. The van der Waals surface area contributed by atoms with Crippen molar-refractivity contribution in [3.63, 3.8) is 0 Å². The molecule has 6 unspecified atom stereocenters. The molecule has 1 saturated carbocycles. The molecule has 0 spiro atoms. The van der Waals surface area contributed by atoms with Crippen LogP contribution in [0, 0.1) is 17.8 Å². The lowest BCUT2D eigenvalue weighted by molar-refractivity contribution is -0.252. The molecule has 1 fully saturated rings. The van der Waals surface area contributed by atoms with Crippen molar-refractivity contribution in [2.75, 3.05) is 33.0 Å². The summed E-state index contributed by atoms with van der Waals surface area (Å²) in [6.07, 6.45) is 12.1. The zero-order chi connectivity index (χ0) is 36.6. The lowest BCUT2D eigenvalue weighted by atomic mass is 9.55. The largest absolute Gasteiger partial charge is 0.490 e. The summed E-state index contributed by atoms with van der Waals surface area (Å²) in [5.41, 5.74) is 2.07. The van der Waals surface area contributed by atoms with Gasteiger partial charge in [0.15, 0.2) is 5.69 Å². The third kappa shape index (κ3) is 8.23. The Morgan fingerprint density at radius 1 is 1.12 bits per heavy atom. The molecule has 51 heavy (non-hydrogen) atoms. The van der Waals surface area contributed by atoms with E-state index in [9.17, 15) is 15.0 Å². The van der Waals surface area contributed by atoms with Gasteiger partial charge in [0.2, 0.25) is 5.79 Å². The molecule has 2 N–H and O–H groups in total. The fraction of sp³-hybridized carbons (Fsp3) is 0.590. The summed E-state index contributed by atoms with van der Waals surface area (Å²) in [6, 6.07) is 5.13. The molecule has 0 saturated heterocycles. The van der Waals surface area contributed by atoms with E-state index in [1.54, 1.807) is 16.8 Å². The number of aliphatic hydroxyl groups is 2. The molecule has 0 amide bonds. The number of carbonyl (C=O) groups is 1. The number of ether oxygens (including phenoxy) is 4. The zero-order valence-electron chi connectivity index (χ0n) is 30.5. The van der Waals surface area contributed by atoms with Crippen molar-refractivity contribution in [1.82, 2.24) is 15.0 Å². The summed E-state index contributed by atoms with van der Waals surface area (Å²) in [5.74, 6) is -0.987. The molecule has 0 radical (unpaired) electrons. The van der Waals surface area contributed by atoms with Crippen LogP contribution in [0.15, 0.2) is 66.5 Å². The maximum absolute atomic E-state index is 13.7. The van der Waals surface area contributed by atoms with E-state index in [4.69, 9.17) is 28.9 Å². The van der Waals surface area contributed by atoms with Gasteiger partial charge in [0.25, 0.3) is 0 Å². The molecule has 3 aliphatic rings. The van der Waals surface area contributed by atoms with E-state index in [0.29, 0.717) is 43.3 Å². The molecule has 2 aromatic rings. The predicted molar refractivity (Wildman–Crippen MR) is 193 cm³/mol. The highest BCUT2D eigenvalue weighted by molar-refractivity contribution is 6.02. The Balaban J connectivity index is 1.79. The van der Waals surface area contributed by atoms with Crippen molar-refractivity contribution in [3.8, 4) is 11.5 Å². The van der Waals surface area contributed by atoms with Gasteiger partial charge in [-0.15, -0.1) is 11.7 Å². The zero-order valence-corrected chi connectivity index (χ0v) is 30.5. The lowest BCUT2D eigenvalue weighted by Gasteiger charge is -2.58. The monoisotopic (exact) mass is 706 g/mol. The molecule has 12 heteroatoms. The molecular formula is C39H54N4O8. The summed E-state index contributed by atoms with van der Waals surface area (Å²) in [6.45, 7) is 16.2. The van der Waals surface area contributed by atoms with Gasteiger partial charge in [-0.1, -0.05) is 48.0 Å². The number of hydrogen-bond donors (Lipinski definition) is 2. The van der Waals surface area contributed by atoms with Gasteiger partial charge in [-0.3, -0.25) is 0 Å².